The maximum Gasteiger partial charge on any atom is 1.00 e. The molecule has 0 rings (SSSR count). The molecule has 0 aromatic rings. The van der Waals surface area contributed by atoms with E-state index in [4.69, 9.17) is 0 Å². The van der Waals surface area contributed by atoms with Crippen molar-refractivity contribution in [1.29, 1.82) is 0 Å². The molecule has 0 aliphatic carbocycles. The number of hydrogen-bond acceptors (Lipinski definition) is 0. The third-order valence-corrected chi connectivity index (χ3v) is 0. The Morgan fingerprint density at radius 1 is 0.812 bits per heavy atom. The van der Waals surface area contributed by atoms with E-state index >= 15 is 0 Å². The van der Waals surface area contributed by atoms with Crippen LogP contribution in [0.2, 0.25) is 0 Å². The quantitative estimate of drug-likeness (QED) is 0.418. The van der Waals surface area contributed by atoms with E-state index in [-0.39, 0.29) is 131 Å². The molecular weight excluding hydrogens is 339 g/mol. The first kappa shape index (κ1) is 50.8. The van der Waals surface area contributed by atoms with Gasteiger partial charge in [-0.2, -0.15) is 12.8 Å². The van der Waals surface area contributed by atoms with Gasteiger partial charge in [-0.3, -0.25) is 0 Å². The van der Waals surface area contributed by atoms with E-state index in [0.29, 0.717) is 0 Å². The Bertz CT molecular complexity index is 44.7. The van der Waals surface area contributed by atoms with E-state index < -0.39 is 0 Å². The van der Waals surface area contributed by atoms with Gasteiger partial charge in [0.25, 0.3) is 0 Å². The van der Waals surface area contributed by atoms with Gasteiger partial charge in [0.1, 0.15) is 0 Å². The summed E-state index contributed by atoms with van der Waals surface area (Å²) in [6.07, 6.45) is 5.50. The molecule has 92 valence electrons. The predicted octanol–water partition coefficient (Wildman–Crippen LogP) is 0.126. The van der Waals surface area contributed by atoms with Crippen molar-refractivity contribution in [2.24, 2.45) is 0 Å². The molecule has 0 atom stereocenters. The monoisotopic (exact) mass is 372 g/mol. The van der Waals surface area contributed by atoms with Crippen LogP contribution in [0.4, 0.5) is 0 Å². The Hall–Kier alpha value is 3.09. The summed E-state index contributed by atoms with van der Waals surface area (Å²) in [4.78, 5) is 0. The van der Waals surface area contributed by atoms with Gasteiger partial charge in [-0.1, -0.05) is 40.9 Å². The molecule has 16 heavy (non-hydrogen) atoms. The van der Waals surface area contributed by atoms with Crippen LogP contribution in [0.25, 0.3) is 0 Å². The van der Waals surface area contributed by atoms with Crippen LogP contribution in [0.3, 0.4) is 0 Å². The average Bonchev–Trinajstić information content (AvgIpc) is 1.92. The van der Waals surface area contributed by atoms with E-state index in [1.807, 2.05) is 27.7 Å². The van der Waals surface area contributed by atoms with E-state index in [2.05, 4.69) is 27.0 Å². The molecule has 0 nitrogen and oxygen atoms in total. The molecule has 0 radical (unpaired) electrons. The van der Waals surface area contributed by atoms with Crippen LogP contribution < -0.4 is 116 Å². The largest absolute Gasteiger partial charge is 1.00 e. The van der Waals surface area contributed by atoms with Gasteiger partial charge < -0.3 is 13.8 Å². The minimum absolute atomic E-state index is 0. The van der Waals surface area contributed by atoms with Crippen LogP contribution >= 0.6 is 0 Å². The fourth-order valence-corrected chi connectivity index (χ4v) is 0. The number of rotatable bonds is 0. The zero-order valence-electron chi connectivity index (χ0n) is 11.4. The zero-order chi connectivity index (χ0) is 10.8. The van der Waals surface area contributed by atoms with Crippen LogP contribution in [0.1, 0.15) is 55.4 Å². The van der Waals surface area contributed by atoms with Gasteiger partial charge in [-0.15, -0.1) is 13.2 Å². The summed E-state index contributed by atoms with van der Waals surface area (Å²) < 4.78 is 0. The van der Waals surface area contributed by atoms with E-state index in [0.717, 1.165) is 12.8 Å². The molecule has 0 spiro atoms. The van der Waals surface area contributed by atoms with Gasteiger partial charge in [0, 0.05) is 0 Å². The number of hydrogen-bond donors (Lipinski definition) is 0. The van der Waals surface area contributed by atoms with Gasteiger partial charge in [0.2, 0.25) is 0 Å². The Balaban J connectivity index is -0.00000000821. The molecule has 2 heteroatoms. The fourth-order valence-electron chi connectivity index (χ4n) is 0. The summed E-state index contributed by atoms with van der Waals surface area (Å²) in [6.45, 7) is 21.5. The van der Waals surface area contributed by atoms with Crippen molar-refractivity contribution < 1.29 is 116 Å². The van der Waals surface area contributed by atoms with Crippen molar-refractivity contribution in [3.63, 3.8) is 0 Å². The van der Waals surface area contributed by atoms with E-state index in [9.17, 15) is 0 Å². The first-order chi connectivity index (χ1) is 5.66. The zero-order valence-corrected chi connectivity index (χ0v) is 21.2. The standard InChI is InChI=1S/2C3H7.2C3H6.2CH4.2Rb/c4*1-3-2;;;;/h2*1,3H2,2H3;2*3H,1H2,2H3;2*1H4;;/q2*-1;;;;;2*+1. The molecule has 0 fully saturated rings. The van der Waals surface area contributed by atoms with E-state index in [1.54, 1.807) is 12.2 Å². The molecule has 0 bridgehead atoms. The summed E-state index contributed by atoms with van der Waals surface area (Å²) in [5, 5.41) is 0. The van der Waals surface area contributed by atoms with Crippen LogP contribution in [0, 0.1) is 13.8 Å². The first-order valence-electron chi connectivity index (χ1n) is 4.39. The fraction of sp³-hybridized carbons (Fsp3) is 0.571. The second kappa shape index (κ2) is 105. The maximum atomic E-state index is 3.49. The van der Waals surface area contributed by atoms with Crippen molar-refractivity contribution in [2.75, 3.05) is 0 Å². The van der Waals surface area contributed by atoms with Crippen LogP contribution in [-0.2, 0) is 0 Å². The SMILES string of the molecule is C.C.C=CC.C=CC.[CH2-]CC.[CH2-]CC.[Rb+].[Rb+]. The molecule has 0 aromatic heterocycles. The van der Waals surface area contributed by atoms with Crippen molar-refractivity contribution in [1.82, 2.24) is 0 Å². The van der Waals surface area contributed by atoms with Crippen LogP contribution in [0.15, 0.2) is 25.3 Å². The van der Waals surface area contributed by atoms with Crippen molar-refractivity contribution in [3.8, 4) is 0 Å². The summed E-state index contributed by atoms with van der Waals surface area (Å²) in [6, 6.07) is 0. The maximum absolute atomic E-state index is 3.49. The second-order valence-corrected chi connectivity index (χ2v) is 1.82. The van der Waals surface area contributed by atoms with E-state index in [1.165, 1.54) is 0 Å². The Morgan fingerprint density at radius 2 is 0.812 bits per heavy atom. The van der Waals surface area contributed by atoms with Crippen LogP contribution in [0.5, 0.6) is 0 Å². The molecule has 0 saturated carbocycles. The van der Waals surface area contributed by atoms with Gasteiger partial charge in [0.15, 0.2) is 0 Å². The molecule has 0 heterocycles. The van der Waals surface area contributed by atoms with Gasteiger partial charge in [-0.05, 0) is 13.8 Å². The van der Waals surface area contributed by atoms with Gasteiger partial charge in [-0.25, -0.2) is 0 Å². The molecule has 0 N–H and O–H groups in total. The minimum Gasteiger partial charge on any atom is -0.344 e. The predicted molar refractivity (Wildman–Crippen MR) is 76.5 cm³/mol. The summed E-state index contributed by atoms with van der Waals surface area (Å²) in [7, 11) is 0. The summed E-state index contributed by atoms with van der Waals surface area (Å²) >= 11 is 0. The first-order valence-corrected chi connectivity index (χ1v) is 4.39. The topological polar surface area (TPSA) is 0 Å². The summed E-state index contributed by atoms with van der Waals surface area (Å²) in [5.41, 5.74) is 0. The third-order valence-electron chi connectivity index (χ3n) is 0. The smallest absolute Gasteiger partial charge is 0.344 e. The van der Waals surface area contributed by atoms with Crippen molar-refractivity contribution >= 4 is 0 Å². The van der Waals surface area contributed by atoms with Crippen molar-refractivity contribution in [3.05, 3.63) is 39.2 Å². The average molecular weight is 373 g/mol. The molecule has 0 aliphatic heterocycles. The van der Waals surface area contributed by atoms with Gasteiger partial charge >= 0.3 is 116 Å². The summed E-state index contributed by atoms with van der Waals surface area (Å²) in [5.74, 6) is 0. The molecule has 0 aliphatic rings. The molecular formula is C14H34Rb2. The molecule has 0 aromatic carbocycles. The third kappa shape index (κ3) is 463. The normalized spacial score (nSPS) is 3.88. The number of allylic oxidation sites excluding steroid dienone is 2. The minimum atomic E-state index is 0. The Morgan fingerprint density at radius 3 is 0.812 bits per heavy atom. The Labute approximate surface area is 206 Å². The van der Waals surface area contributed by atoms with Crippen molar-refractivity contribution in [2.45, 2.75) is 55.4 Å². The molecule has 0 amide bonds. The molecule has 0 saturated heterocycles. The Kier molecular flexibility index (Phi) is 334. The second-order valence-electron chi connectivity index (χ2n) is 1.82. The van der Waals surface area contributed by atoms with Gasteiger partial charge in [0.05, 0.1) is 0 Å². The molecule has 0 unspecified atom stereocenters. The van der Waals surface area contributed by atoms with Crippen LogP contribution in [-0.4, -0.2) is 0 Å².